The van der Waals surface area contributed by atoms with Crippen LogP contribution in [0.15, 0.2) is 42.5 Å². The van der Waals surface area contributed by atoms with Crippen molar-refractivity contribution in [2.24, 2.45) is 0 Å². The van der Waals surface area contributed by atoms with Crippen molar-refractivity contribution in [1.29, 1.82) is 0 Å². The summed E-state index contributed by atoms with van der Waals surface area (Å²) in [4.78, 5) is 16.5. The molecule has 0 radical (unpaired) electrons. The number of methoxy groups -OCH3 is 2. The van der Waals surface area contributed by atoms with E-state index in [4.69, 9.17) is 9.47 Å². The number of anilines is 1. The standard InChI is InChI=1S/C17H15FN4O3/c1-24-13-8-5-11(9-14(13)25-2)16(23)20-17-19-15(21-22-17)10-3-6-12(18)7-4-10/h3-9H,1-2H3,(H2,19,20,21,22,23). The van der Waals surface area contributed by atoms with Gasteiger partial charge in [0.15, 0.2) is 17.3 Å². The highest BCUT2D eigenvalue weighted by molar-refractivity contribution is 6.03. The van der Waals surface area contributed by atoms with Crippen LogP contribution >= 0.6 is 0 Å². The van der Waals surface area contributed by atoms with E-state index in [0.29, 0.717) is 28.5 Å². The van der Waals surface area contributed by atoms with Gasteiger partial charge in [0.25, 0.3) is 5.91 Å². The van der Waals surface area contributed by atoms with Crippen molar-refractivity contribution in [2.45, 2.75) is 0 Å². The molecule has 2 N–H and O–H groups in total. The Morgan fingerprint density at radius 3 is 2.48 bits per heavy atom. The second kappa shape index (κ2) is 7.00. The third-order valence-corrected chi connectivity index (χ3v) is 3.47. The van der Waals surface area contributed by atoms with E-state index in [1.165, 1.54) is 26.4 Å². The predicted molar refractivity (Wildman–Crippen MR) is 89.3 cm³/mol. The van der Waals surface area contributed by atoms with Gasteiger partial charge in [-0.05, 0) is 42.5 Å². The van der Waals surface area contributed by atoms with Gasteiger partial charge in [-0.25, -0.2) is 4.39 Å². The summed E-state index contributed by atoms with van der Waals surface area (Å²) < 4.78 is 23.3. The second-order valence-corrected chi connectivity index (χ2v) is 5.04. The zero-order valence-corrected chi connectivity index (χ0v) is 13.5. The van der Waals surface area contributed by atoms with Gasteiger partial charge in [0.05, 0.1) is 14.2 Å². The molecule has 7 nitrogen and oxygen atoms in total. The fourth-order valence-electron chi connectivity index (χ4n) is 2.21. The molecule has 0 aliphatic heterocycles. The lowest BCUT2D eigenvalue weighted by molar-refractivity contribution is 0.102. The van der Waals surface area contributed by atoms with Gasteiger partial charge in [0, 0.05) is 11.1 Å². The lowest BCUT2D eigenvalue weighted by Crippen LogP contribution is -2.13. The summed E-state index contributed by atoms with van der Waals surface area (Å²) in [6, 6.07) is 10.6. The first-order valence-corrected chi connectivity index (χ1v) is 7.32. The first-order valence-electron chi connectivity index (χ1n) is 7.32. The molecule has 0 saturated heterocycles. The molecule has 2 aromatic carbocycles. The van der Waals surface area contributed by atoms with Crippen LogP contribution < -0.4 is 14.8 Å². The molecule has 1 aromatic heterocycles. The Kier molecular flexibility index (Phi) is 4.60. The Hall–Kier alpha value is -3.42. The quantitative estimate of drug-likeness (QED) is 0.744. The number of H-pyrrole nitrogens is 1. The molecule has 3 rings (SSSR count). The van der Waals surface area contributed by atoms with Crippen LogP contribution in [0.25, 0.3) is 11.4 Å². The Morgan fingerprint density at radius 2 is 1.80 bits per heavy atom. The first kappa shape index (κ1) is 16.4. The van der Waals surface area contributed by atoms with Crippen LogP contribution in [0.5, 0.6) is 11.5 Å². The van der Waals surface area contributed by atoms with Crippen LogP contribution in [-0.2, 0) is 0 Å². The molecule has 0 fully saturated rings. The minimum Gasteiger partial charge on any atom is -0.493 e. The summed E-state index contributed by atoms with van der Waals surface area (Å²) in [6.45, 7) is 0. The third-order valence-electron chi connectivity index (χ3n) is 3.47. The van der Waals surface area contributed by atoms with E-state index in [0.717, 1.165) is 0 Å². The van der Waals surface area contributed by atoms with Gasteiger partial charge in [-0.15, -0.1) is 5.10 Å². The Labute approximate surface area is 142 Å². The number of rotatable bonds is 5. The summed E-state index contributed by atoms with van der Waals surface area (Å²) in [5, 5.41) is 9.22. The van der Waals surface area contributed by atoms with Gasteiger partial charge in [-0.3, -0.25) is 15.2 Å². The molecule has 0 atom stereocenters. The second-order valence-electron chi connectivity index (χ2n) is 5.04. The van der Waals surface area contributed by atoms with E-state index in [2.05, 4.69) is 20.5 Å². The maximum Gasteiger partial charge on any atom is 0.258 e. The monoisotopic (exact) mass is 342 g/mol. The summed E-state index contributed by atoms with van der Waals surface area (Å²) in [6.07, 6.45) is 0. The summed E-state index contributed by atoms with van der Waals surface area (Å²) in [7, 11) is 3.01. The molecule has 25 heavy (non-hydrogen) atoms. The Morgan fingerprint density at radius 1 is 1.08 bits per heavy atom. The van der Waals surface area contributed by atoms with Crippen LogP contribution in [0, 0.1) is 5.82 Å². The van der Waals surface area contributed by atoms with Gasteiger partial charge in [-0.2, -0.15) is 4.98 Å². The van der Waals surface area contributed by atoms with Gasteiger partial charge in [0.2, 0.25) is 5.95 Å². The highest BCUT2D eigenvalue weighted by Crippen LogP contribution is 2.27. The fourth-order valence-corrected chi connectivity index (χ4v) is 2.21. The SMILES string of the molecule is COc1ccc(C(=O)Nc2n[nH]c(-c3ccc(F)cc3)n2)cc1OC. The number of nitrogens with zero attached hydrogens (tertiary/aromatic N) is 2. The first-order chi connectivity index (χ1) is 12.1. The van der Waals surface area contributed by atoms with Crippen molar-refractivity contribution in [1.82, 2.24) is 15.2 Å². The number of nitrogens with one attached hydrogen (secondary N) is 2. The van der Waals surface area contributed by atoms with Crippen LogP contribution in [0.4, 0.5) is 10.3 Å². The molecule has 0 saturated carbocycles. The highest BCUT2D eigenvalue weighted by atomic mass is 19.1. The van der Waals surface area contributed by atoms with E-state index in [1.807, 2.05) is 0 Å². The van der Waals surface area contributed by atoms with Gasteiger partial charge in [0.1, 0.15) is 5.82 Å². The highest BCUT2D eigenvalue weighted by Gasteiger charge is 2.13. The van der Waals surface area contributed by atoms with Crippen molar-refractivity contribution < 1.29 is 18.7 Å². The maximum absolute atomic E-state index is 13.0. The van der Waals surface area contributed by atoms with Gasteiger partial charge >= 0.3 is 0 Å². The van der Waals surface area contributed by atoms with E-state index in [-0.39, 0.29) is 11.8 Å². The molecule has 0 unspecified atom stereocenters. The molecule has 0 bridgehead atoms. The Balaban J connectivity index is 1.76. The number of benzene rings is 2. The number of hydrogen-bond acceptors (Lipinski definition) is 5. The summed E-state index contributed by atoms with van der Waals surface area (Å²) in [5.41, 5.74) is 1.02. The molecule has 8 heteroatoms. The maximum atomic E-state index is 13.0. The van der Waals surface area contributed by atoms with Crippen molar-refractivity contribution in [3.05, 3.63) is 53.8 Å². The number of aromatic amines is 1. The van der Waals surface area contributed by atoms with Crippen molar-refractivity contribution in [3.63, 3.8) is 0 Å². The lowest BCUT2D eigenvalue weighted by atomic mass is 10.2. The van der Waals surface area contributed by atoms with Crippen LogP contribution in [0.3, 0.4) is 0 Å². The number of amides is 1. The van der Waals surface area contributed by atoms with Crippen molar-refractivity contribution in [3.8, 4) is 22.9 Å². The van der Waals surface area contributed by atoms with E-state index >= 15 is 0 Å². The van der Waals surface area contributed by atoms with E-state index in [1.54, 1.807) is 30.3 Å². The molecule has 0 aliphatic rings. The number of aromatic nitrogens is 3. The number of carbonyl (C=O) groups is 1. The van der Waals surface area contributed by atoms with Crippen molar-refractivity contribution >= 4 is 11.9 Å². The minimum atomic E-state index is -0.398. The van der Waals surface area contributed by atoms with Crippen LogP contribution in [0.2, 0.25) is 0 Å². The molecule has 0 aliphatic carbocycles. The zero-order chi connectivity index (χ0) is 17.8. The van der Waals surface area contributed by atoms with Gasteiger partial charge in [-0.1, -0.05) is 0 Å². The predicted octanol–water partition coefficient (Wildman–Crippen LogP) is 2.88. The van der Waals surface area contributed by atoms with Crippen LogP contribution in [0.1, 0.15) is 10.4 Å². The average Bonchev–Trinajstić information content (AvgIpc) is 3.10. The summed E-state index contributed by atoms with van der Waals surface area (Å²) >= 11 is 0. The number of carbonyl (C=O) groups excluding carboxylic acids is 1. The summed E-state index contributed by atoms with van der Waals surface area (Å²) in [5.74, 6) is 0.755. The number of ether oxygens (including phenoxy) is 2. The van der Waals surface area contributed by atoms with Crippen molar-refractivity contribution in [2.75, 3.05) is 19.5 Å². The molecule has 1 heterocycles. The Bertz CT molecular complexity index is 893. The zero-order valence-electron chi connectivity index (χ0n) is 13.5. The molecule has 1 amide bonds. The topological polar surface area (TPSA) is 89.1 Å². The normalized spacial score (nSPS) is 10.4. The third kappa shape index (κ3) is 3.57. The molecule has 3 aromatic rings. The molecular weight excluding hydrogens is 327 g/mol. The number of halogens is 1. The smallest absolute Gasteiger partial charge is 0.258 e. The van der Waals surface area contributed by atoms with E-state index < -0.39 is 5.91 Å². The van der Waals surface area contributed by atoms with Crippen LogP contribution in [-0.4, -0.2) is 35.3 Å². The molecule has 128 valence electrons. The molecular formula is C17H15FN4O3. The lowest BCUT2D eigenvalue weighted by Gasteiger charge is -2.08. The molecule has 0 spiro atoms. The minimum absolute atomic E-state index is 0.110. The largest absolute Gasteiger partial charge is 0.493 e. The van der Waals surface area contributed by atoms with Gasteiger partial charge < -0.3 is 9.47 Å². The average molecular weight is 342 g/mol. The number of hydrogen-bond donors (Lipinski definition) is 2. The van der Waals surface area contributed by atoms with E-state index in [9.17, 15) is 9.18 Å². The fraction of sp³-hybridized carbons (Fsp3) is 0.118.